The summed E-state index contributed by atoms with van der Waals surface area (Å²) >= 11 is 0. The van der Waals surface area contributed by atoms with Crippen molar-refractivity contribution in [2.45, 2.75) is 59.0 Å². The molecule has 2 aliphatic heterocycles. The van der Waals surface area contributed by atoms with Gasteiger partial charge in [0, 0.05) is 47.7 Å². The lowest BCUT2D eigenvalue weighted by atomic mass is 9.90. The van der Waals surface area contributed by atoms with Gasteiger partial charge in [0.2, 0.25) is 0 Å². The summed E-state index contributed by atoms with van der Waals surface area (Å²) in [6, 6.07) is 14.8. The maximum atomic E-state index is 13.3. The Hall–Kier alpha value is -3.34. The molecular formula is C30H34N4O. The lowest BCUT2D eigenvalue weighted by Gasteiger charge is -2.25. The Bertz CT molecular complexity index is 1310. The highest BCUT2D eigenvalue weighted by Crippen LogP contribution is 2.41. The van der Waals surface area contributed by atoms with E-state index in [0.717, 1.165) is 59.6 Å². The Labute approximate surface area is 207 Å². The molecule has 5 nitrogen and oxygen atoms in total. The van der Waals surface area contributed by atoms with E-state index in [2.05, 4.69) is 78.8 Å². The fourth-order valence-corrected chi connectivity index (χ4v) is 6.10. The van der Waals surface area contributed by atoms with Crippen LogP contribution in [0.15, 0.2) is 49.0 Å². The Morgan fingerprint density at radius 2 is 1.83 bits per heavy atom. The first-order chi connectivity index (χ1) is 16.8. The highest BCUT2D eigenvalue weighted by Gasteiger charge is 2.35. The molecule has 1 amide bonds. The first kappa shape index (κ1) is 22.1. The molecule has 35 heavy (non-hydrogen) atoms. The van der Waals surface area contributed by atoms with E-state index in [9.17, 15) is 4.79 Å². The van der Waals surface area contributed by atoms with E-state index >= 15 is 0 Å². The molecule has 5 heteroatoms. The average molecular weight is 467 g/mol. The average Bonchev–Trinajstić information content (AvgIpc) is 3.62. The Kier molecular flexibility index (Phi) is 5.13. The molecular weight excluding hydrogens is 432 g/mol. The largest absolute Gasteiger partial charge is 0.372 e. The van der Waals surface area contributed by atoms with Crippen LogP contribution in [0.2, 0.25) is 0 Å². The van der Waals surface area contributed by atoms with Crippen LogP contribution in [0.3, 0.4) is 0 Å². The van der Waals surface area contributed by atoms with Crippen LogP contribution < -0.4 is 0 Å². The zero-order valence-corrected chi connectivity index (χ0v) is 21.0. The van der Waals surface area contributed by atoms with Crippen LogP contribution in [0.1, 0.15) is 78.0 Å². The Morgan fingerprint density at radius 1 is 1.09 bits per heavy atom. The SMILES string of the molecule is C=C(c1ccc([C@@H](C)N2Cc3cc(-c4n[nH]c5c4CC(C)(C)C5)ccc3C2=O)cc1)N1CCCC1. The second-order valence-electron chi connectivity index (χ2n) is 11.3. The number of fused-ring (bicyclic) bond motifs is 2. The van der Waals surface area contributed by atoms with Gasteiger partial charge in [-0.15, -0.1) is 0 Å². The van der Waals surface area contributed by atoms with Gasteiger partial charge in [0.15, 0.2) is 0 Å². The molecule has 0 radical (unpaired) electrons. The number of H-pyrrole nitrogens is 1. The van der Waals surface area contributed by atoms with Gasteiger partial charge in [0.1, 0.15) is 0 Å². The maximum Gasteiger partial charge on any atom is 0.255 e. The number of nitrogens with one attached hydrogen (secondary N) is 1. The van der Waals surface area contributed by atoms with E-state index in [1.807, 2.05) is 11.0 Å². The van der Waals surface area contributed by atoms with Crippen molar-refractivity contribution in [1.29, 1.82) is 0 Å². The van der Waals surface area contributed by atoms with Crippen LogP contribution in [0.4, 0.5) is 0 Å². The van der Waals surface area contributed by atoms with Gasteiger partial charge in [0.25, 0.3) is 5.91 Å². The van der Waals surface area contributed by atoms with E-state index < -0.39 is 0 Å². The molecule has 180 valence electrons. The van der Waals surface area contributed by atoms with Gasteiger partial charge in [-0.2, -0.15) is 5.10 Å². The minimum absolute atomic E-state index is 0.00267. The first-order valence-corrected chi connectivity index (χ1v) is 12.9. The van der Waals surface area contributed by atoms with Crippen molar-refractivity contribution < 1.29 is 4.79 Å². The number of carbonyl (C=O) groups excluding carboxylic acids is 1. The quantitative estimate of drug-likeness (QED) is 0.503. The number of hydrogen-bond acceptors (Lipinski definition) is 3. The molecule has 3 aromatic rings. The van der Waals surface area contributed by atoms with Gasteiger partial charge in [-0.05, 0) is 66.8 Å². The predicted octanol–water partition coefficient (Wildman–Crippen LogP) is 5.99. The van der Waals surface area contributed by atoms with Gasteiger partial charge >= 0.3 is 0 Å². The predicted molar refractivity (Wildman–Crippen MR) is 140 cm³/mol. The third-order valence-electron chi connectivity index (χ3n) is 8.16. The van der Waals surface area contributed by atoms with Crippen molar-refractivity contribution in [2.24, 2.45) is 5.41 Å². The molecule has 1 fully saturated rings. The number of benzene rings is 2. The zero-order chi connectivity index (χ0) is 24.3. The molecule has 0 saturated carbocycles. The summed E-state index contributed by atoms with van der Waals surface area (Å²) < 4.78 is 0. The second-order valence-corrected chi connectivity index (χ2v) is 11.3. The summed E-state index contributed by atoms with van der Waals surface area (Å²) in [6.45, 7) is 13.9. The molecule has 1 saturated heterocycles. The molecule has 1 atom stereocenters. The summed E-state index contributed by atoms with van der Waals surface area (Å²) in [5.74, 6) is 0.109. The summed E-state index contributed by atoms with van der Waals surface area (Å²) in [5, 5.41) is 7.90. The first-order valence-electron chi connectivity index (χ1n) is 12.9. The number of rotatable bonds is 5. The number of nitrogens with zero attached hydrogens (tertiary/aromatic N) is 3. The summed E-state index contributed by atoms with van der Waals surface area (Å²) in [5.41, 5.74) is 10.3. The number of aromatic amines is 1. The van der Waals surface area contributed by atoms with Gasteiger partial charge in [-0.1, -0.05) is 50.8 Å². The minimum atomic E-state index is 0.00267. The van der Waals surface area contributed by atoms with Crippen LogP contribution in [-0.4, -0.2) is 39.0 Å². The van der Waals surface area contributed by atoms with Crippen molar-refractivity contribution in [2.75, 3.05) is 13.1 Å². The van der Waals surface area contributed by atoms with Crippen LogP contribution in [-0.2, 0) is 19.4 Å². The van der Waals surface area contributed by atoms with Gasteiger partial charge in [-0.3, -0.25) is 9.89 Å². The van der Waals surface area contributed by atoms with Crippen molar-refractivity contribution in [3.8, 4) is 11.3 Å². The topological polar surface area (TPSA) is 52.2 Å². The van der Waals surface area contributed by atoms with Gasteiger partial charge in [0.05, 0.1) is 11.7 Å². The Morgan fingerprint density at radius 3 is 2.57 bits per heavy atom. The second kappa shape index (κ2) is 8.11. The van der Waals surface area contributed by atoms with Gasteiger partial charge < -0.3 is 9.80 Å². The van der Waals surface area contributed by atoms with Crippen LogP contribution in [0, 0.1) is 5.41 Å². The molecule has 2 aromatic carbocycles. The zero-order valence-electron chi connectivity index (χ0n) is 21.0. The van der Waals surface area contributed by atoms with Crippen LogP contribution >= 0.6 is 0 Å². The molecule has 1 aliphatic carbocycles. The van der Waals surface area contributed by atoms with Crippen molar-refractivity contribution in [1.82, 2.24) is 20.0 Å². The molecule has 0 spiro atoms. The monoisotopic (exact) mass is 466 g/mol. The van der Waals surface area contributed by atoms with E-state index in [1.165, 1.54) is 29.7 Å². The molecule has 0 bridgehead atoms. The minimum Gasteiger partial charge on any atom is -0.372 e. The maximum absolute atomic E-state index is 13.3. The van der Waals surface area contributed by atoms with Crippen molar-refractivity contribution in [3.05, 3.63) is 82.6 Å². The normalized spacial score (nSPS) is 19.2. The van der Waals surface area contributed by atoms with Crippen molar-refractivity contribution in [3.63, 3.8) is 0 Å². The third-order valence-corrected chi connectivity index (χ3v) is 8.16. The smallest absolute Gasteiger partial charge is 0.255 e. The van der Waals surface area contributed by atoms with E-state index in [0.29, 0.717) is 6.54 Å². The van der Waals surface area contributed by atoms with E-state index in [4.69, 9.17) is 0 Å². The Balaban J connectivity index is 1.21. The van der Waals surface area contributed by atoms with E-state index in [-0.39, 0.29) is 17.4 Å². The number of likely N-dealkylation sites (tertiary alicyclic amines) is 1. The highest BCUT2D eigenvalue weighted by molar-refractivity contribution is 5.99. The number of aromatic nitrogens is 2. The molecule has 3 heterocycles. The third kappa shape index (κ3) is 3.78. The van der Waals surface area contributed by atoms with Crippen molar-refractivity contribution >= 4 is 11.6 Å². The lowest BCUT2D eigenvalue weighted by Crippen LogP contribution is -2.27. The standard InChI is InChI=1S/C30H34N4O/c1-19(33-13-5-6-14-33)21-7-9-22(10-8-21)20(2)34-18-24-15-23(11-12-25(24)29(34)35)28-26-16-30(3,4)17-27(26)31-32-28/h7-12,15,20H,1,5-6,13-14,16-18H2,2-4H3,(H,31,32)/t20-/m1/s1. The van der Waals surface area contributed by atoms with Gasteiger partial charge in [-0.25, -0.2) is 0 Å². The summed E-state index contributed by atoms with van der Waals surface area (Å²) in [7, 11) is 0. The van der Waals surface area contributed by atoms with Crippen LogP contribution in [0.25, 0.3) is 17.0 Å². The molecule has 6 rings (SSSR count). The number of amides is 1. The molecule has 1 N–H and O–H groups in total. The molecule has 3 aliphatic rings. The molecule has 0 unspecified atom stereocenters. The number of hydrogen-bond donors (Lipinski definition) is 1. The van der Waals surface area contributed by atoms with Crippen LogP contribution in [0.5, 0.6) is 0 Å². The fourth-order valence-electron chi connectivity index (χ4n) is 6.10. The lowest BCUT2D eigenvalue weighted by molar-refractivity contribution is 0.0716. The number of carbonyl (C=O) groups is 1. The van der Waals surface area contributed by atoms with E-state index in [1.54, 1.807) is 0 Å². The summed E-state index contributed by atoms with van der Waals surface area (Å²) in [6.07, 6.45) is 4.56. The highest BCUT2D eigenvalue weighted by atomic mass is 16.2. The summed E-state index contributed by atoms with van der Waals surface area (Å²) in [4.78, 5) is 17.7. The molecule has 1 aromatic heterocycles. The fraction of sp³-hybridized carbons (Fsp3) is 0.400.